The summed E-state index contributed by atoms with van der Waals surface area (Å²) in [4.78, 5) is 14.2. The second kappa shape index (κ2) is 5.04. The Bertz CT molecular complexity index is 528. The smallest absolute Gasteiger partial charge is 0.216 e. The molecule has 0 saturated heterocycles. The van der Waals surface area contributed by atoms with Gasteiger partial charge in [-0.05, 0) is 24.0 Å². The summed E-state index contributed by atoms with van der Waals surface area (Å²) in [6.45, 7) is 4.40. The number of carbonyl (C=O) groups is 1. The van der Waals surface area contributed by atoms with Crippen LogP contribution >= 0.6 is 0 Å². The van der Waals surface area contributed by atoms with E-state index in [2.05, 4.69) is 35.4 Å². The van der Waals surface area contributed by atoms with Crippen molar-refractivity contribution < 1.29 is 4.79 Å². The van der Waals surface area contributed by atoms with Gasteiger partial charge in [0.2, 0.25) is 5.91 Å². The molecule has 17 heavy (non-hydrogen) atoms. The van der Waals surface area contributed by atoms with Crippen LogP contribution < -0.4 is 5.32 Å². The van der Waals surface area contributed by atoms with Gasteiger partial charge < -0.3 is 10.3 Å². The number of para-hydroxylation sites is 1. The van der Waals surface area contributed by atoms with E-state index in [1.54, 1.807) is 6.92 Å². The summed E-state index contributed by atoms with van der Waals surface area (Å²) in [5, 5.41) is 4.10. The van der Waals surface area contributed by atoms with Crippen LogP contribution in [0.15, 0.2) is 24.4 Å². The lowest BCUT2D eigenvalue weighted by Crippen LogP contribution is -2.22. The first-order valence-corrected chi connectivity index (χ1v) is 6.04. The van der Waals surface area contributed by atoms with E-state index in [1.165, 1.54) is 22.0 Å². The summed E-state index contributed by atoms with van der Waals surface area (Å²) in [6, 6.07) is 6.38. The Morgan fingerprint density at radius 1 is 1.35 bits per heavy atom. The average molecular weight is 230 g/mol. The zero-order valence-electron chi connectivity index (χ0n) is 10.3. The van der Waals surface area contributed by atoms with Gasteiger partial charge >= 0.3 is 0 Å². The number of hydrogen-bond acceptors (Lipinski definition) is 1. The quantitative estimate of drug-likeness (QED) is 0.832. The predicted molar refractivity (Wildman–Crippen MR) is 70.1 cm³/mol. The average Bonchev–Trinajstić information content (AvgIpc) is 2.72. The highest BCUT2D eigenvalue weighted by atomic mass is 16.1. The highest BCUT2D eigenvalue weighted by Gasteiger charge is 2.06. The fraction of sp³-hybridized carbons (Fsp3) is 0.357. The molecule has 1 amide bonds. The van der Waals surface area contributed by atoms with E-state index in [9.17, 15) is 4.79 Å². The number of aromatic nitrogens is 1. The maximum absolute atomic E-state index is 10.8. The predicted octanol–water partition coefficient (Wildman–Crippen LogP) is 2.41. The summed E-state index contributed by atoms with van der Waals surface area (Å²) < 4.78 is 0. The van der Waals surface area contributed by atoms with Crippen LogP contribution in [0.3, 0.4) is 0 Å². The van der Waals surface area contributed by atoms with Crippen molar-refractivity contribution in [2.75, 3.05) is 6.54 Å². The Morgan fingerprint density at radius 3 is 2.88 bits per heavy atom. The topological polar surface area (TPSA) is 44.9 Å². The molecule has 0 spiro atoms. The van der Waals surface area contributed by atoms with Crippen LogP contribution in [-0.4, -0.2) is 17.4 Å². The third-order valence-electron chi connectivity index (χ3n) is 3.04. The van der Waals surface area contributed by atoms with Crippen LogP contribution in [0.1, 0.15) is 25.0 Å². The number of fused-ring (bicyclic) bond motifs is 1. The van der Waals surface area contributed by atoms with Crippen LogP contribution in [0.4, 0.5) is 0 Å². The molecule has 0 aliphatic heterocycles. The number of nitrogens with one attached hydrogen (secondary N) is 2. The molecule has 3 nitrogen and oxygen atoms in total. The number of rotatable bonds is 4. The van der Waals surface area contributed by atoms with Gasteiger partial charge in [-0.15, -0.1) is 0 Å². The van der Waals surface area contributed by atoms with Crippen molar-refractivity contribution in [3.63, 3.8) is 0 Å². The SMILES string of the molecule is CCc1cccc2c(CCNC(C)=O)c[nH]c12. The van der Waals surface area contributed by atoms with E-state index >= 15 is 0 Å². The molecule has 0 atom stereocenters. The Kier molecular flexibility index (Phi) is 3.47. The number of H-pyrrole nitrogens is 1. The van der Waals surface area contributed by atoms with Crippen molar-refractivity contribution in [3.8, 4) is 0 Å². The minimum atomic E-state index is 0.0269. The number of carbonyl (C=O) groups excluding carboxylic acids is 1. The summed E-state index contributed by atoms with van der Waals surface area (Å²) in [5.41, 5.74) is 3.84. The van der Waals surface area contributed by atoms with Crippen molar-refractivity contribution >= 4 is 16.8 Å². The Morgan fingerprint density at radius 2 is 2.18 bits per heavy atom. The molecule has 2 aromatic rings. The minimum Gasteiger partial charge on any atom is -0.361 e. The van der Waals surface area contributed by atoms with Crippen molar-refractivity contribution in [1.29, 1.82) is 0 Å². The van der Waals surface area contributed by atoms with Crippen LogP contribution in [0.2, 0.25) is 0 Å². The third-order valence-corrected chi connectivity index (χ3v) is 3.04. The maximum Gasteiger partial charge on any atom is 0.216 e. The molecule has 0 unspecified atom stereocenters. The minimum absolute atomic E-state index is 0.0269. The molecule has 3 heteroatoms. The normalized spacial score (nSPS) is 10.7. The van der Waals surface area contributed by atoms with Gasteiger partial charge in [0.1, 0.15) is 0 Å². The second-order valence-corrected chi connectivity index (χ2v) is 4.24. The molecule has 0 aliphatic carbocycles. The molecule has 2 N–H and O–H groups in total. The van der Waals surface area contributed by atoms with Crippen LogP contribution in [-0.2, 0) is 17.6 Å². The third kappa shape index (κ3) is 2.49. The van der Waals surface area contributed by atoms with Crippen molar-refractivity contribution in [3.05, 3.63) is 35.5 Å². The fourth-order valence-electron chi connectivity index (χ4n) is 2.15. The van der Waals surface area contributed by atoms with E-state index in [4.69, 9.17) is 0 Å². The van der Waals surface area contributed by atoms with Crippen molar-refractivity contribution in [2.24, 2.45) is 0 Å². The lowest BCUT2D eigenvalue weighted by Gasteiger charge is -2.02. The molecule has 2 rings (SSSR count). The first-order valence-electron chi connectivity index (χ1n) is 6.04. The molecule has 0 bridgehead atoms. The van der Waals surface area contributed by atoms with E-state index in [1.807, 2.05) is 6.20 Å². The van der Waals surface area contributed by atoms with Crippen molar-refractivity contribution in [1.82, 2.24) is 10.3 Å². The second-order valence-electron chi connectivity index (χ2n) is 4.24. The molecule has 0 aliphatic rings. The van der Waals surface area contributed by atoms with Gasteiger partial charge in [-0.3, -0.25) is 4.79 Å². The molecule has 0 saturated carbocycles. The molecule has 90 valence electrons. The molecular formula is C14H18N2O. The van der Waals surface area contributed by atoms with Crippen LogP contribution in [0.5, 0.6) is 0 Å². The number of hydrogen-bond donors (Lipinski definition) is 2. The fourth-order valence-corrected chi connectivity index (χ4v) is 2.15. The number of aromatic amines is 1. The summed E-state index contributed by atoms with van der Waals surface area (Å²) in [6.07, 6.45) is 3.95. The van der Waals surface area contributed by atoms with Crippen LogP contribution in [0.25, 0.3) is 10.9 Å². The molecule has 1 aromatic carbocycles. The zero-order valence-corrected chi connectivity index (χ0v) is 10.3. The first kappa shape index (κ1) is 11.7. The molecular weight excluding hydrogens is 212 g/mol. The van der Waals surface area contributed by atoms with E-state index in [0.717, 1.165) is 12.8 Å². The van der Waals surface area contributed by atoms with Gasteiger partial charge in [0, 0.05) is 30.6 Å². The zero-order chi connectivity index (χ0) is 12.3. The van der Waals surface area contributed by atoms with Gasteiger partial charge in [-0.1, -0.05) is 25.1 Å². The number of aryl methyl sites for hydroxylation is 1. The molecule has 1 heterocycles. The lowest BCUT2D eigenvalue weighted by atomic mass is 10.1. The summed E-state index contributed by atoms with van der Waals surface area (Å²) in [7, 11) is 0. The van der Waals surface area contributed by atoms with Gasteiger partial charge in [0.25, 0.3) is 0 Å². The first-order chi connectivity index (χ1) is 8.22. The monoisotopic (exact) mass is 230 g/mol. The summed E-state index contributed by atoms with van der Waals surface area (Å²) >= 11 is 0. The van der Waals surface area contributed by atoms with Gasteiger partial charge in [0.15, 0.2) is 0 Å². The van der Waals surface area contributed by atoms with E-state index in [-0.39, 0.29) is 5.91 Å². The lowest BCUT2D eigenvalue weighted by molar-refractivity contribution is -0.118. The Balaban J connectivity index is 2.21. The van der Waals surface area contributed by atoms with Gasteiger partial charge in [0.05, 0.1) is 0 Å². The van der Waals surface area contributed by atoms with Gasteiger partial charge in [-0.25, -0.2) is 0 Å². The number of amides is 1. The number of benzene rings is 1. The standard InChI is InChI=1S/C14H18N2O/c1-3-11-5-4-6-13-12(9-16-14(11)13)7-8-15-10(2)17/h4-6,9,16H,3,7-8H2,1-2H3,(H,15,17). The Hall–Kier alpha value is -1.77. The molecule has 0 fully saturated rings. The van der Waals surface area contributed by atoms with E-state index in [0.29, 0.717) is 6.54 Å². The largest absolute Gasteiger partial charge is 0.361 e. The van der Waals surface area contributed by atoms with E-state index < -0.39 is 0 Å². The highest BCUT2D eigenvalue weighted by Crippen LogP contribution is 2.22. The Labute approximate surface area is 101 Å². The molecule has 1 aromatic heterocycles. The van der Waals surface area contributed by atoms with Crippen LogP contribution in [0, 0.1) is 0 Å². The van der Waals surface area contributed by atoms with Gasteiger partial charge in [-0.2, -0.15) is 0 Å². The van der Waals surface area contributed by atoms with Crippen molar-refractivity contribution in [2.45, 2.75) is 26.7 Å². The highest BCUT2D eigenvalue weighted by molar-refractivity contribution is 5.86. The summed E-state index contributed by atoms with van der Waals surface area (Å²) in [5.74, 6) is 0.0269. The maximum atomic E-state index is 10.8. The molecule has 0 radical (unpaired) electrons.